The second-order valence-corrected chi connectivity index (χ2v) is 9.74. The van der Waals surface area contributed by atoms with E-state index < -0.39 is 11.4 Å². The molecule has 2 aromatic heterocycles. The predicted octanol–water partition coefficient (Wildman–Crippen LogP) is 2.40. The van der Waals surface area contributed by atoms with Crippen molar-refractivity contribution in [1.29, 1.82) is 0 Å². The largest absolute Gasteiger partial charge is 0.384 e. The quantitative estimate of drug-likeness (QED) is 0.706. The number of methoxy groups -OCH3 is 1. The van der Waals surface area contributed by atoms with Gasteiger partial charge in [0, 0.05) is 31.7 Å². The van der Waals surface area contributed by atoms with Gasteiger partial charge in [0.2, 0.25) is 5.91 Å². The average molecular weight is 465 g/mol. The second-order valence-electron chi connectivity index (χ2n) is 8.51. The van der Waals surface area contributed by atoms with Crippen LogP contribution in [0.2, 0.25) is 0 Å². The first-order chi connectivity index (χ1) is 15.5. The lowest BCUT2D eigenvalue weighted by Crippen LogP contribution is -2.46. The van der Waals surface area contributed by atoms with Crippen molar-refractivity contribution in [2.24, 2.45) is 0 Å². The Hall–Kier alpha value is -2.20. The Morgan fingerprint density at radius 2 is 1.84 bits per heavy atom. The number of pyridine rings is 1. The molecule has 0 bridgehead atoms. The predicted molar refractivity (Wildman–Crippen MR) is 122 cm³/mol. The summed E-state index contributed by atoms with van der Waals surface area (Å²) in [6, 6.07) is 0.881. The van der Waals surface area contributed by atoms with Crippen LogP contribution in [-0.4, -0.2) is 51.3 Å². The molecule has 2 fully saturated rings. The van der Waals surface area contributed by atoms with Crippen molar-refractivity contribution in [3.05, 3.63) is 38.9 Å². The third kappa shape index (κ3) is 4.76. The minimum atomic E-state index is -0.590. The number of hydrogen-bond acceptors (Lipinski definition) is 6. The number of halogens is 1. The molecule has 0 unspecified atom stereocenters. The van der Waals surface area contributed by atoms with Crippen LogP contribution >= 0.6 is 11.8 Å². The summed E-state index contributed by atoms with van der Waals surface area (Å²) in [5, 5.41) is 3.15. The highest BCUT2D eigenvalue weighted by Gasteiger charge is 2.29. The molecule has 1 amide bonds. The Labute approximate surface area is 189 Å². The summed E-state index contributed by atoms with van der Waals surface area (Å²) in [6.07, 6.45) is 5.55. The Kier molecular flexibility index (Phi) is 7.30. The topological polar surface area (TPSA) is 95.2 Å². The third-order valence-corrected chi connectivity index (χ3v) is 7.49. The average Bonchev–Trinajstić information content (AvgIpc) is 2.80. The number of nitrogens with zero attached hydrogens (tertiary/aromatic N) is 3. The van der Waals surface area contributed by atoms with Gasteiger partial charge >= 0.3 is 5.69 Å². The van der Waals surface area contributed by atoms with E-state index in [0.29, 0.717) is 38.7 Å². The van der Waals surface area contributed by atoms with Crippen molar-refractivity contribution < 1.29 is 13.9 Å². The normalized spacial score (nSPS) is 22.2. The van der Waals surface area contributed by atoms with Crippen LogP contribution in [0.4, 0.5) is 4.39 Å². The maximum absolute atomic E-state index is 14.0. The summed E-state index contributed by atoms with van der Waals surface area (Å²) in [5.41, 5.74) is -0.564. The zero-order chi connectivity index (χ0) is 22.7. The molecule has 1 aliphatic heterocycles. The number of ether oxygens (including phenoxy) is 1. The van der Waals surface area contributed by atoms with Gasteiger partial charge in [0.05, 0.1) is 18.2 Å². The molecule has 174 valence electrons. The molecule has 10 heteroatoms. The van der Waals surface area contributed by atoms with Gasteiger partial charge in [0.1, 0.15) is 11.5 Å². The van der Waals surface area contributed by atoms with Crippen molar-refractivity contribution in [3.8, 4) is 0 Å². The van der Waals surface area contributed by atoms with Crippen LogP contribution in [0, 0.1) is 5.82 Å². The SMILES string of the molecule is COCCC(=O)N[C@H]1CC[C@@H](n2c(=O)c3cc(F)cnc3n(C3CCSCC3)c2=O)CC1. The Balaban J connectivity index is 1.64. The van der Waals surface area contributed by atoms with E-state index in [1.165, 1.54) is 10.6 Å². The third-order valence-electron chi connectivity index (χ3n) is 6.44. The number of amides is 1. The summed E-state index contributed by atoms with van der Waals surface area (Å²) >= 11 is 1.85. The highest BCUT2D eigenvalue weighted by Crippen LogP contribution is 2.30. The van der Waals surface area contributed by atoms with Crippen LogP contribution in [0.15, 0.2) is 21.9 Å². The van der Waals surface area contributed by atoms with E-state index in [1.54, 1.807) is 11.7 Å². The highest BCUT2D eigenvalue weighted by atomic mass is 32.2. The molecule has 0 radical (unpaired) electrons. The summed E-state index contributed by atoms with van der Waals surface area (Å²) in [4.78, 5) is 43.0. The molecule has 1 saturated heterocycles. The Bertz CT molecular complexity index is 1090. The van der Waals surface area contributed by atoms with E-state index in [4.69, 9.17) is 4.74 Å². The summed E-state index contributed by atoms with van der Waals surface area (Å²) in [7, 11) is 1.56. The fourth-order valence-corrected chi connectivity index (χ4v) is 5.85. The number of rotatable bonds is 6. The fourth-order valence-electron chi connectivity index (χ4n) is 4.77. The van der Waals surface area contributed by atoms with Gasteiger partial charge in [-0.05, 0) is 56.1 Å². The van der Waals surface area contributed by atoms with Gasteiger partial charge in [-0.1, -0.05) is 0 Å². The zero-order valence-corrected chi connectivity index (χ0v) is 19.0. The van der Waals surface area contributed by atoms with Crippen LogP contribution in [0.25, 0.3) is 11.0 Å². The van der Waals surface area contributed by atoms with Crippen molar-refractivity contribution in [2.75, 3.05) is 25.2 Å². The van der Waals surface area contributed by atoms with Crippen molar-refractivity contribution in [2.45, 2.75) is 63.1 Å². The number of thioether (sulfide) groups is 1. The van der Waals surface area contributed by atoms with Crippen LogP contribution in [0.5, 0.6) is 0 Å². The molecule has 0 atom stereocenters. The monoisotopic (exact) mass is 464 g/mol. The van der Waals surface area contributed by atoms with E-state index in [0.717, 1.165) is 30.5 Å². The number of aromatic nitrogens is 3. The van der Waals surface area contributed by atoms with Gasteiger partial charge in [0.15, 0.2) is 0 Å². The number of carbonyl (C=O) groups excluding carboxylic acids is 1. The van der Waals surface area contributed by atoms with Gasteiger partial charge in [-0.25, -0.2) is 14.2 Å². The van der Waals surface area contributed by atoms with Gasteiger partial charge in [0.25, 0.3) is 5.56 Å². The molecule has 1 saturated carbocycles. The summed E-state index contributed by atoms with van der Waals surface area (Å²) < 4.78 is 21.8. The molecule has 0 spiro atoms. The zero-order valence-electron chi connectivity index (χ0n) is 18.2. The first-order valence-corrected chi connectivity index (χ1v) is 12.3. The Morgan fingerprint density at radius 3 is 2.53 bits per heavy atom. The highest BCUT2D eigenvalue weighted by molar-refractivity contribution is 7.99. The molecule has 3 heterocycles. The minimum Gasteiger partial charge on any atom is -0.384 e. The number of hydrogen-bond donors (Lipinski definition) is 1. The molecule has 1 N–H and O–H groups in total. The lowest BCUT2D eigenvalue weighted by Gasteiger charge is -2.31. The minimum absolute atomic E-state index is 0.0171. The maximum Gasteiger partial charge on any atom is 0.333 e. The maximum atomic E-state index is 14.0. The molecule has 32 heavy (non-hydrogen) atoms. The van der Waals surface area contributed by atoms with Crippen LogP contribution in [0.3, 0.4) is 0 Å². The van der Waals surface area contributed by atoms with E-state index >= 15 is 0 Å². The van der Waals surface area contributed by atoms with Gasteiger partial charge in [-0.15, -0.1) is 0 Å². The molecule has 2 aliphatic rings. The second kappa shape index (κ2) is 10.2. The fraction of sp³-hybridized carbons (Fsp3) is 0.636. The van der Waals surface area contributed by atoms with Crippen LogP contribution in [0.1, 0.15) is 57.0 Å². The van der Waals surface area contributed by atoms with Crippen molar-refractivity contribution in [3.63, 3.8) is 0 Å². The van der Waals surface area contributed by atoms with E-state index in [2.05, 4.69) is 10.3 Å². The molecular weight excluding hydrogens is 435 g/mol. The van der Waals surface area contributed by atoms with Gasteiger partial charge < -0.3 is 10.1 Å². The van der Waals surface area contributed by atoms with Gasteiger partial charge in [-0.3, -0.25) is 18.7 Å². The summed E-state index contributed by atoms with van der Waals surface area (Å²) in [5.74, 6) is 1.23. The van der Waals surface area contributed by atoms with Crippen LogP contribution in [-0.2, 0) is 9.53 Å². The van der Waals surface area contributed by atoms with Crippen molar-refractivity contribution in [1.82, 2.24) is 19.4 Å². The lowest BCUT2D eigenvalue weighted by molar-refractivity contribution is -0.122. The molecule has 8 nitrogen and oxygen atoms in total. The summed E-state index contributed by atoms with van der Waals surface area (Å²) in [6.45, 7) is 0.372. The molecule has 1 aliphatic carbocycles. The van der Waals surface area contributed by atoms with E-state index in [9.17, 15) is 18.8 Å². The molecule has 2 aromatic rings. The van der Waals surface area contributed by atoms with Crippen molar-refractivity contribution >= 4 is 28.7 Å². The first-order valence-electron chi connectivity index (χ1n) is 11.2. The number of nitrogens with one attached hydrogen (secondary N) is 1. The molecule has 4 rings (SSSR count). The van der Waals surface area contributed by atoms with E-state index in [1.807, 2.05) is 11.8 Å². The Morgan fingerprint density at radius 1 is 1.16 bits per heavy atom. The van der Waals surface area contributed by atoms with Gasteiger partial charge in [-0.2, -0.15) is 11.8 Å². The molecular formula is C22H29FN4O4S. The molecule has 0 aromatic carbocycles. The lowest BCUT2D eigenvalue weighted by atomic mass is 9.90. The number of carbonyl (C=O) groups is 1. The number of fused-ring (bicyclic) bond motifs is 1. The van der Waals surface area contributed by atoms with Crippen LogP contribution < -0.4 is 16.6 Å². The van der Waals surface area contributed by atoms with E-state index in [-0.39, 0.29) is 40.8 Å². The standard InChI is InChI=1S/C22H29FN4O4S/c1-31-9-6-19(28)25-15-2-4-16(5-3-15)27-21(29)18-12-14(23)13-24-20(18)26(22(27)30)17-7-10-32-11-8-17/h12-13,15-17H,2-11H2,1H3,(H,25,28)/t15-,16+. The first kappa shape index (κ1) is 23.0. The smallest absolute Gasteiger partial charge is 0.333 e.